The van der Waals surface area contributed by atoms with Gasteiger partial charge in [-0.15, -0.1) is 6.58 Å². The number of ether oxygens (including phenoxy) is 2. The fourth-order valence-corrected chi connectivity index (χ4v) is 8.17. The van der Waals surface area contributed by atoms with Crippen molar-refractivity contribution < 1.29 is 19.1 Å². The molecule has 0 spiro atoms. The second-order valence-corrected chi connectivity index (χ2v) is 15.8. The Hall–Kier alpha value is -5.12. The summed E-state index contributed by atoms with van der Waals surface area (Å²) in [6.45, 7) is 18.5. The Balaban J connectivity index is 1.08. The minimum absolute atomic E-state index is 0.0157. The third-order valence-electron chi connectivity index (χ3n) is 12.0. The summed E-state index contributed by atoms with van der Waals surface area (Å²) in [7, 11) is 1.59. The molecule has 3 aromatic rings. The van der Waals surface area contributed by atoms with Crippen LogP contribution in [0.2, 0.25) is 0 Å². The Bertz CT molecular complexity index is 2010. The number of carbonyl (C=O) groups excluding carboxylic acids is 2. The van der Waals surface area contributed by atoms with Crippen molar-refractivity contribution in [2.24, 2.45) is 22.7 Å². The summed E-state index contributed by atoms with van der Waals surface area (Å²) in [6.07, 6.45) is 13.0. The van der Waals surface area contributed by atoms with Crippen molar-refractivity contribution in [3.8, 4) is 28.1 Å². The molecular formula is C45H56N6O4. The number of aromatic amines is 1. The predicted octanol–water partition coefficient (Wildman–Crippen LogP) is 8.23. The number of fused-ring (bicyclic) bond motifs is 6. The number of benzene rings is 2. The topological polar surface area (TPSA) is 112 Å². The lowest BCUT2D eigenvalue weighted by molar-refractivity contribution is -0.133. The first-order valence-electron chi connectivity index (χ1n) is 20.0. The Labute approximate surface area is 325 Å². The molecule has 1 aliphatic carbocycles. The molecule has 2 aromatic carbocycles. The van der Waals surface area contributed by atoms with Gasteiger partial charge < -0.3 is 29.6 Å². The number of rotatable bonds is 15. The van der Waals surface area contributed by atoms with Crippen LogP contribution in [-0.4, -0.2) is 69.7 Å². The molecule has 7 rings (SSSR count). The van der Waals surface area contributed by atoms with Crippen LogP contribution in [0.25, 0.3) is 28.5 Å². The van der Waals surface area contributed by atoms with Crippen molar-refractivity contribution in [2.45, 2.75) is 97.5 Å². The second kappa shape index (κ2) is 16.3. The number of aliphatic imine (C=N–C) groups is 1. The first-order chi connectivity index (χ1) is 26.6. The summed E-state index contributed by atoms with van der Waals surface area (Å²) in [5, 5.41) is 3.68. The van der Waals surface area contributed by atoms with Crippen LogP contribution >= 0.6 is 0 Å². The number of amides is 2. The monoisotopic (exact) mass is 744 g/mol. The highest BCUT2D eigenvalue weighted by Crippen LogP contribution is 2.45. The maximum absolute atomic E-state index is 13.4. The molecule has 0 saturated carbocycles. The van der Waals surface area contributed by atoms with E-state index in [1.807, 2.05) is 11.1 Å². The highest BCUT2D eigenvalue weighted by Gasteiger charge is 2.40. The van der Waals surface area contributed by atoms with E-state index in [-0.39, 0.29) is 41.8 Å². The van der Waals surface area contributed by atoms with Crippen LogP contribution in [-0.2, 0) is 27.5 Å². The first-order valence-corrected chi connectivity index (χ1v) is 20.0. The zero-order valence-electron chi connectivity index (χ0n) is 33.1. The largest absolute Gasteiger partial charge is 0.501 e. The van der Waals surface area contributed by atoms with Crippen molar-refractivity contribution in [1.29, 1.82) is 0 Å². The lowest BCUT2D eigenvalue weighted by Gasteiger charge is -2.28. The number of methoxy groups -OCH3 is 1. The van der Waals surface area contributed by atoms with Gasteiger partial charge in [0.15, 0.2) is 0 Å². The third-order valence-corrected chi connectivity index (χ3v) is 12.0. The summed E-state index contributed by atoms with van der Waals surface area (Å²) >= 11 is 0. The molecule has 2 amide bonds. The number of hydrogen-bond acceptors (Lipinski definition) is 7. The van der Waals surface area contributed by atoms with E-state index in [2.05, 4.69) is 104 Å². The standard InChI is InChI=1S/C45H56N6O4/c1-8-27(4)18-42(52)50(24-30(10-3)29(6)54-7)25-41-46-23-38(47-41)32-13-15-34-33(20-32)26-55-40-22-35-31(21-36(34)40)14-16-37-44(35)49-45(48-37)39-12-11-17-51(39)43(53)19-28(5)9-2/h10,13-16,20-23,27-28,30,37,39,44H,3,6,8-9,11-12,17-19,24-26H2,1-2,4-5,7H3,(H,46,47)(H,48,49)/t27-,28-,30-,37?,39-,44?/m0/s1. The van der Waals surface area contributed by atoms with Crippen LogP contribution in [0.1, 0.15) is 94.8 Å². The lowest BCUT2D eigenvalue weighted by atomic mass is 9.86. The molecule has 10 nitrogen and oxygen atoms in total. The molecule has 4 aliphatic rings. The maximum atomic E-state index is 13.4. The fourth-order valence-electron chi connectivity index (χ4n) is 8.17. The van der Waals surface area contributed by atoms with Crippen LogP contribution in [0, 0.1) is 17.8 Å². The van der Waals surface area contributed by atoms with Crippen LogP contribution in [0.3, 0.4) is 0 Å². The Morgan fingerprint density at radius 1 is 1.13 bits per heavy atom. The molecular weight excluding hydrogens is 689 g/mol. The number of imidazole rings is 1. The summed E-state index contributed by atoms with van der Waals surface area (Å²) < 4.78 is 11.8. The molecule has 4 heterocycles. The molecule has 10 heteroatoms. The molecule has 1 aromatic heterocycles. The Kier molecular flexibility index (Phi) is 11.3. The smallest absolute Gasteiger partial charge is 0.223 e. The van der Waals surface area contributed by atoms with E-state index >= 15 is 0 Å². The van der Waals surface area contributed by atoms with Crippen molar-refractivity contribution in [1.82, 2.24) is 25.1 Å². The minimum Gasteiger partial charge on any atom is -0.501 e. The molecule has 6 atom stereocenters. The highest BCUT2D eigenvalue weighted by atomic mass is 16.5. The SMILES string of the molecule is C=C[C@@H](CN(Cc1ncc(-c2ccc3c(c2)COc2cc4c(cc2-3)C=CC2NC([C@@H]3CCCN3C(=O)C[C@@H](C)CC)=NC42)[nH]1)C(=O)C[C@@H](C)CC)C(=C)OC. The number of nitrogens with one attached hydrogen (secondary N) is 2. The van der Waals surface area contributed by atoms with Gasteiger partial charge in [0.05, 0.1) is 49.3 Å². The van der Waals surface area contributed by atoms with Gasteiger partial charge in [-0.3, -0.25) is 14.6 Å². The summed E-state index contributed by atoms with van der Waals surface area (Å²) in [5.74, 6) is 3.86. The van der Waals surface area contributed by atoms with E-state index in [0.29, 0.717) is 50.0 Å². The minimum atomic E-state index is -0.189. The molecule has 2 N–H and O–H groups in total. The van der Waals surface area contributed by atoms with Crippen molar-refractivity contribution in [3.63, 3.8) is 0 Å². The van der Waals surface area contributed by atoms with Gasteiger partial charge >= 0.3 is 0 Å². The van der Waals surface area contributed by atoms with Crippen molar-refractivity contribution in [2.75, 3.05) is 20.2 Å². The third kappa shape index (κ3) is 7.86. The van der Waals surface area contributed by atoms with E-state index in [0.717, 1.165) is 82.9 Å². The number of likely N-dealkylation sites (tertiary alicyclic amines) is 1. The number of aromatic nitrogens is 2. The summed E-state index contributed by atoms with van der Waals surface area (Å²) in [5.41, 5.74) is 7.48. The molecule has 1 fully saturated rings. The molecule has 3 aliphatic heterocycles. The molecule has 0 radical (unpaired) electrons. The first kappa shape index (κ1) is 38.2. The van der Waals surface area contributed by atoms with E-state index in [1.54, 1.807) is 13.2 Å². The number of hydrogen-bond donors (Lipinski definition) is 2. The van der Waals surface area contributed by atoms with Gasteiger partial charge in [-0.25, -0.2) is 4.98 Å². The van der Waals surface area contributed by atoms with E-state index in [4.69, 9.17) is 14.5 Å². The van der Waals surface area contributed by atoms with Crippen molar-refractivity contribution >= 4 is 23.7 Å². The molecule has 290 valence electrons. The van der Waals surface area contributed by atoms with Gasteiger partial charge in [-0.05, 0) is 70.7 Å². The van der Waals surface area contributed by atoms with E-state index in [9.17, 15) is 9.59 Å². The van der Waals surface area contributed by atoms with Crippen LogP contribution in [0.5, 0.6) is 5.75 Å². The summed E-state index contributed by atoms with van der Waals surface area (Å²) in [4.78, 5) is 43.9. The highest BCUT2D eigenvalue weighted by molar-refractivity contribution is 5.94. The maximum Gasteiger partial charge on any atom is 0.223 e. The van der Waals surface area contributed by atoms with Crippen LogP contribution in [0.15, 0.2) is 72.6 Å². The Morgan fingerprint density at radius 2 is 1.93 bits per heavy atom. The van der Waals surface area contributed by atoms with Crippen molar-refractivity contribution in [3.05, 3.63) is 90.1 Å². The zero-order chi connectivity index (χ0) is 38.8. The normalized spacial score (nSPS) is 20.8. The molecule has 0 bridgehead atoms. The van der Waals surface area contributed by atoms with Gasteiger partial charge in [0.25, 0.3) is 0 Å². The van der Waals surface area contributed by atoms with Gasteiger partial charge in [0, 0.05) is 31.5 Å². The average Bonchev–Trinajstić information content (AvgIpc) is 3.98. The second-order valence-electron chi connectivity index (χ2n) is 15.8. The van der Waals surface area contributed by atoms with Gasteiger partial charge in [0.2, 0.25) is 11.8 Å². The van der Waals surface area contributed by atoms with E-state index < -0.39 is 0 Å². The molecule has 1 saturated heterocycles. The number of H-pyrrole nitrogens is 1. The summed E-state index contributed by atoms with van der Waals surface area (Å²) in [6, 6.07) is 10.9. The van der Waals surface area contributed by atoms with Crippen LogP contribution in [0.4, 0.5) is 0 Å². The number of carbonyl (C=O) groups is 2. The van der Waals surface area contributed by atoms with E-state index in [1.165, 1.54) is 0 Å². The van der Waals surface area contributed by atoms with Crippen LogP contribution < -0.4 is 10.1 Å². The fraction of sp³-hybridized carbons (Fsp3) is 0.467. The molecule has 55 heavy (non-hydrogen) atoms. The lowest BCUT2D eigenvalue weighted by Crippen LogP contribution is -2.46. The van der Waals surface area contributed by atoms with Gasteiger partial charge in [-0.2, -0.15) is 0 Å². The number of nitrogens with zero attached hydrogens (tertiary/aromatic N) is 4. The zero-order valence-corrected chi connectivity index (χ0v) is 33.1. The Morgan fingerprint density at radius 3 is 2.69 bits per heavy atom. The van der Waals surface area contributed by atoms with Gasteiger partial charge in [-0.1, -0.05) is 77.5 Å². The molecule has 2 unspecified atom stereocenters. The predicted molar refractivity (Wildman–Crippen MR) is 218 cm³/mol. The average molecular weight is 745 g/mol. The van der Waals surface area contributed by atoms with Gasteiger partial charge in [0.1, 0.15) is 30.1 Å². The number of amidine groups is 1. The quantitative estimate of drug-likeness (QED) is 0.120.